The number of carbonyl (C=O) groups excluding carboxylic acids is 3. The van der Waals surface area contributed by atoms with Gasteiger partial charge in [0.2, 0.25) is 11.8 Å². The molecule has 7 nitrogen and oxygen atoms in total. The van der Waals surface area contributed by atoms with Crippen LogP contribution in [0.15, 0.2) is 24.3 Å². The van der Waals surface area contributed by atoms with Crippen molar-refractivity contribution in [2.24, 2.45) is 11.8 Å². The summed E-state index contributed by atoms with van der Waals surface area (Å²) < 4.78 is 4.71. The van der Waals surface area contributed by atoms with Crippen molar-refractivity contribution in [1.29, 1.82) is 0 Å². The van der Waals surface area contributed by atoms with Crippen molar-refractivity contribution in [3.8, 4) is 0 Å². The summed E-state index contributed by atoms with van der Waals surface area (Å²) in [5.41, 5.74) is 0.991. The Morgan fingerprint density at radius 1 is 1.00 bits per heavy atom. The molecule has 152 valence electrons. The lowest BCUT2D eigenvalue weighted by molar-refractivity contribution is -0.139. The molecular formula is C21H29N3O4. The second kappa shape index (κ2) is 9.19. The molecule has 1 saturated carbocycles. The third-order valence-corrected chi connectivity index (χ3v) is 5.81. The van der Waals surface area contributed by atoms with Crippen LogP contribution in [0, 0.1) is 11.8 Å². The van der Waals surface area contributed by atoms with Gasteiger partial charge in [0.05, 0.1) is 12.7 Å². The molecule has 0 radical (unpaired) electrons. The highest BCUT2D eigenvalue weighted by atomic mass is 16.5. The monoisotopic (exact) mass is 387 g/mol. The topological polar surface area (TPSA) is 78.9 Å². The normalized spacial score (nSPS) is 23.1. The third kappa shape index (κ3) is 4.90. The highest BCUT2D eigenvalue weighted by Gasteiger charge is 2.33. The minimum atomic E-state index is -0.431. The van der Waals surface area contributed by atoms with E-state index in [4.69, 9.17) is 4.74 Å². The molecule has 0 unspecified atom stereocenters. The van der Waals surface area contributed by atoms with Gasteiger partial charge in [0.25, 0.3) is 0 Å². The van der Waals surface area contributed by atoms with Crippen molar-refractivity contribution in [2.45, 2.75) is 25.7 Å². The number of likely N-dealkylation sites (N-methyl/N-ethyl adjacent to an activating group) is 1. The maximum atomic E-state index is 12.7. The van der Waals surface area contributed by atoms with Crippen molar-refractivity contribution in [2.75, 3.05) is 45.7 Å². The number of esters is 1. The van der Waals surface area contributed by atoms with Crippen LogP contribution in [-0.4, -0.2) is 67.9 Å². The number of rotatable bonds is 4. The Balaban J connectivity index is 1.50. The molecule has 0 spiro atoms. The molecule has 2 aliphatic rings. The highest BCUT2D eigenvalue weighted by molar-refractivity contribution is 5.95. The first-order valence-corrected chi connectivity index (χ1v) is 9.94. The molecule has 3 rings (SSSR count). The summed E-state index contributed by atoms with van der Waals surface area (Å²) >= 11 is 0. The Labute approximate surface area is 166 Å². The number of benzene rings is 1. The number of hydrogen-bond acceptors (Lipinski definition) is 5. The number of amides is 2. The van der Waals surface area contributed by atoms with Crippen LogP contribution >= 0.6 is 0 Å². The van der Waals surface area contributed by atoms with E-state index in [1.807, 2.05) is 4.90 Å². The molecule has 1 saturated heterocycles. The van der Waals surface area contributed by atoms with Gasteiger partial charge in [-0.25, -0.2) is 4.79 Å². The maximum absolute atomic E-state index is 12.7. The predicted octanol–water partition coefficient (Wildman–Crippen LogP) is 1.99. The molecule has 0 atom stereocenters. The lowest BCUT2D eigenvalue weighted by atomic mass is 9.80. The van der Waals surface area contributed by atoms with Crippen molar-refractivity contribution in [3.63, 3.8) is 0 Å². The van der Waals surface area contributed by atoms with Crippen LogP contribution in [0.2, 0.25) is 0 Å². The molecule has 1 aromatic carbocycles. The zero-order valence-corrected chi connectivity index (χ0v) is 16.6. The average Bonchev–Trinajstić information content (AvgIpc) is 2.73. The van der Waals surface area contributed by atoms with E-state index in [-0.39, 0.29) is 23.7 Å². The average molecular weight is 387 g/mol. The van der Waals surface area contributed by atoms with Crippen LogP contribution in [0.3, 0.4) is 0 Å². The largest absolute Gasteiger partial charge is 0.465 e. The van der Waals surface area contributed by atoms with Crippen LogP contribution < -0.4 is 5.32 Å². The van der Waals surface area contributed by atoms with Crippen LogP contribution in [0.1, 0.15) is 36.0 Å². The summed E-state index contributed by atoms with van der Waals surface area (Å²) in [6, 6.07) is 6.74. The van der Waals surface area contributed by atoms with Gasteiger partial charge in [-0.05, 0) is 50.9 Å². The summed E-state index contributed by atoms with van der Waals surface area (Å²) in [5.74, 6) is -0.294. The van der Waals surface area contributed by atoms with E-state index in [0.29, 0.717) is 24.1 Å². The number of carbonyl (C=O) groups is 3. The van der Waals surface area contributed by atoms with Gasteiger partial charge in [-0.2, -0.15) is 0 Å². The van der Waals surface area contributed by atoms with Crippen LogP contribution in [0.5, 0.6) is 0 Å². The first kappa shape index (κ1) is 20.3. The maximum Gasteiger partial charge on any atom is 0.337 e. The Kier molecular flexibility index (Phi) is 6.67. The number of methoxy groups -OCH3 is 1. The minimum absolute atomic E-state index is 0.0371. The molecule has 1 aromatic rings. The fraction of sp³-hybridized carbons (Fsp3) is 0.571. The quantitative estimate of drug-likeness (QED) is 0.800. The van der Waals surface area contributed by atoms with Crippen LogP contribution in [-0.2, 0) is 14.3 Å². The van der Waals surface area contributed by atoms with E-state index < -0.39 is 5.97 Å². The number of anilines is 1. The second-order valence-electron chi connectivity index (χ2n) is 7.74. The van der Waals surface area contributed by atoms with Gasteiger partial charge in [0.15, 0.2) is 0 Å². The number of nitrogens with one attached hydrogen (secondary N) is 1. The third-order valence-electron chi connectivity index (χ3n) is 5.81. The molecule has 1 aliphatic heterocycles. The predicted molar refractivity (Wildman–Crippen MR) is 106 cm³/mol. The van der Waals surface area contributed by atoms with Gasteiger partial charge < -0.3 is 19.9 Å². The molecule has 2 fully saturated rings. The summed E-state index contributed by atoms with van der Waals surface area (Å²) in [6.07, 6.45) is 2.94. The standard InChI is InChI=1S/C21H29N3O4/c1-23-10-12-24(13-11-23)20(26)16-8-6-15(7-9-16)19(25)22-18-5-3-4-17(14-18)21(27)28-2/h3-5,14-16H,6-13H2,1-2H3,(H,22,25). The van der Waals surface area contributed by atoms with Crippen LogP contribution in [0.25, 0.3) is 0 Å². The molecular weight excluding hydrogens is 358 g/mol. The number of hydrogen-bond donors (Lipinski definition) is 1. The van der Waals surface area contributed by atoms with E-state index in [0.717, 1.165) is 39.0 Å². The van der Waals surface area contributed by atoms with Crippen LogP contribution in [0.4, 0.5) is 5.69 Å². The Hall–Kier alpha value is -2.41. The number of piperazine rings is 1. The molecule has 1 aliphatic carbocycles. The van der Waals surface area contributed by atoms with Gasteiger partial charge in [-0.1, -0.05) is 6.07 Å². The molecule has 1 N–H and O–H groups in total. The Bertz CT molecular complexity index is 720. The van der Waals surface area contributed by atoms with Gasteiger partial charge in [-0.15, -0.1) is 0 Å². The van der Waals surface area contributed by atoms with E-state index in [1.165, 1.54) is 7.11 Å². The Morgan fingerprint density at radius 3 is 2.29 bits per heavy atom. The summed E-state index contributed by atoms with van der Waals surface area (Å²) in [4.78, 5) is 41.2. The first-order chi connectivity index (χ1) is 13.5. The lowest BCUT2D eigenvalue weighted by Crippen LogP contribution is -2.49. The fourth-order valence-corrected chi connectivity index (χ4v) is 3.97. The van der Waals surface area contributed by atoms with Gasteiger partial charge in [-0.3, -0.25) is 9.59 Å². The fourth-order valence-electron chi connectivity index (χ4n) is 3.97. The highest BCUT2D eigenvalue weighted by Crippen LogP contribution is 2.31. The zero-order chi connectivity index (χ0) is 20.1. The molecule has 2 amide bonds. The minimum Gasteiger partial charge on any atom is -0.465 e. The van der Waals surface area contributed by atoms with Crippen molar-refractivity contribution < 1.29 is 19.1 Å². The molecule has 28 heavy (non-hydrogen) atoms. The molecule has 1 heterocycles. The molecule has 0 bridgehead atoms. The van der Waals surface area contributed by atoms with Crippen molar-refractivity contribution >= 4 is 23.5 Å². The van der Waals surface area contributed by atoms with E-state index >= 15 is 0 Å². The van der Waals surface area contributed by atoms with Gasteiger partial charge in [0, 0.05) is 43.7 Å². The lowest BCUT2D eigenvalue weighted by Gasteiger charge is -2.36. The summed E-state index contributed by atoms with van der Waals surface area (Å²) in [6.45, 7) is 3.45. The SMILES string of the molecule is COC(=O)c1cccc(NC(=O)C2CCC(C(=O)N3CCN(C)CC3)CC2)c1. The zero-order valence-electron chi connectivity index (χ0n) is 16.6. The van der Waals surface area contributed by atoms with Crippen molar-refractivity contribution in [1.82, 2.24) is 9.80 Å². The van der Waals surface area contributed by atoms with E-state index in [9.17, 15) is 14.4 Å². The second-order valence-corrected chi connectivity index (χ2v) is 7.74. The number of ether oxygens (including phenoxy) is 1. The smallest absolute Gasteiger partial charge is 0.337 e. The Morgan fingerprint density at radius 2 is 1.64 bits per heavy atom. The van der Waals surface area contributed by atoms with Gasteiger partial charge >= 0.3 is 5.97 Å². The summed E-state index contributed by atoms with van der Waals surface area (Å²) in [7, 11) is 3.40. The molecule has 0 aromatic heterocycles. The molecule has 7 heteroatoms. The van der Waals surface area contributed by atoms with E-state index in [1.54, 1.807) is 24.3 Å². The van der Waals surface area contributed by atoms with Gasteiger partial charge in [0.1, 0.15) is 0 Å². The number of nitrogens with zero attached hydrogens (tertiary/aromatic N) is 2. The first-order valence-electron chi connectivity index (χ1n) is 9.94. The summed E-state index contributed by atoms with van der Waals surface area (Å²) in [5, 5.41) is 2.90. The van der Waals surface area contributed by atoms with Crippen molar-refractivity contribution in [3.05, 3.63) is 29.8 Å². The van der Waals surface area contributed by atoms with E-state index in [2.05, 4.69) is 17.3 Å².